The van der Waals surface area contributed by atoms with Crippen LogP contribution in [-0.2, 0) is 19.3 Å². The number of aromatic nitrogens is 1. The number of para-hydroxylation sites is 1. The van der Waals surface area contributed by atoms with Crippen molar-refractivity contribution in [2.45, 2.75) is 44.9 Å². The molecule has 2 aromatic carbocycles. The van der Waals surface area contributed by atoms with E-state index in [1.807, 2.05) is 12.1 Å². The third kappa shape index (κ3) is 4.08. The van der Waals surface area contributed by atoms with Crippen molar-refractivity contribution in [2.75, 3.05) is 19.0 Å². The highest BCUT2D eigenvalue weighted by Gasteiger charge is 2.17. The van der Waals surface area contributed by atoms with E-state index in [0.717, 1.165) is 43.5 Å². The molecular weight excluding hydrogens is 332 g/mol. The van der Waals surface area contributed by atoms with Crippen LogP contribution in [0.15, 0.2) is 48.5 Å². The van der Waals surface area contributed by atoms with Crippen molar-refractivity contribution in [3.8, 4) is 5.75 Å². The zero-order valence-electron chi connectivity index (χ0n) is 16.1. The Bertz CT molecular complexity index is 902. The Hall–Kier alpha value is -2.55. The van der Waals surface area contributed by atoms with Gasteiger partial charge >= 0.3 is 0 Å². The molecule has 0 saturated heterocycles. The molecule has 0 bridgehead atoms. The monoisotopic (exact) mass is 360 g/mol. The van der Waals surface area contributed by atoms with E-state index in [-0.39, 0.29) is 0 Å². The first kappa shape index (κ1) is 17.8. The molecule has 1 aliphatic rings. The molecule has 3 heteroatoms. The summed E-state index contributed by atoms with van der Waals surface area (Å²) in [4.78, 5) is 4.92. The summed E-state index contributed by atoms with van der Waals surface area (Å²) in [5.74, 6) is 0.926. The molecule has 0 amide bonds. The fraction of sp³-hybridized carbons (Fsp3) is 0.375. The molecule has 4 rings (SSSR count). The van der Waals surface area contributed by atoms with Gasteiger partial charge in [0.2, 0.25) is 0 Å². The van der Waals surface area contributed by atoms with E-state index in [1.165, 1.54) is 47.2 Å². The second-order valence-corrected chi connectivity index (χ2v) is 7.37. The molecule has 0 spiro atoms. The van der Waals surface area contributed by atoms with E-state index >= 15 is 0 Å². The Labute approximate surface area is 161 Å². The molecule has 0 atom stereocenters. The summed E-state index contributed by atoms with van der Waals surface area (Å²) in [5.41, 5.74) is 6.59. The quantitative estimate of drug-likeness (QED) is 0.560. The van der Waals surface area contributed by atoms with Gasteiger partial charge in [0.1, 0.15) is 5.75 Å². The van der Waals surface area contributed by atoms with Gasteiger partial charge in [-0.15, -0.1) is 0 Å². The van der Waals surface area contributed by atoms with Gasteiger partial charge in [-0.2, -0.15) is 0 Å². The third-order valence-electron chi connectivity index (χ3n) is 5.52. The number of nitrogens with one attached hydrogen (secondary N) is 1. The fourth-order valence-electron chi connectivity index (χ4n) is 4.03. The van der Waals surface area contributed by atoms with E-state index < -0.39 is 0 Å². The van der Waals surface area contributed by atoms with Crippen molar-refractivity contribution in [2.24, 2.45) is 0 Å². The molecule has 0 radical (unpaired) electrons. The van der Waals surface area contributed by atoms with Gasteiger partial charge < -0.3 is 10.1 Å². The van der Waals surface area contributed by atoms with Gasteiger partial charge in [0.05, 0.1) is 12.6 Å². The summed E-state index contributed by atoms with van der Waals surface area (Å²) in [6, 6.07) is 17.0. The molecule has 0 aliphatic heterocycles. The van der Waals surface area contributed by atoms with Crippen molar-refractivity contribution in [3.05, 3.63) is 65.4 Å². The molecule has 1 N–H and O–H groups in total. The maximum absolute atomic E-state index is 5.23. The molecular formula is C24H28N2O. The molecule has 1 aromatic heterocycles. The van der Waals surface area contributed by atoms with Crippen LogP contribution in [0.25, 0.3) is 10.9 Å². The minimum Gasteiger partial charge on any atom is -0.497 e. The van der Waals surface area contributed by atoms with Crippen LogP contribution in [0.5, 0.6) is 5.75 Å². The number of rotatable bonds is 7. The number of anilines is 1. The number of aryl methyl sites for hydroxylation is 2. The minimum absolute atomic E-state index is 0.926. The predicted octanol–water partition coefficient (Wildman–Crippen LogP) is 5.56. The standard InChI is InChI=1S/C24H28N2O/c1-27-19-15-13-18(14-16-19)8-6-7-17-25-24-20-9-2-4-11-22(20)26-23-12-5-3-10-21(23)24/h2,4,9,11,13-16H,3,5-8,10,12,17H2,1H3,(H,25,26). The van der Waals surface area contributed by atoms with Gasteiger partial charge in [0, 0.05) is 23.3 Å². The molecule has 1 heterocycles. The number of unbranched alkanes of at least 4 members (excludes halogenated alkanes) is 1. The number of hydrogen-bond donors (Lipinski definition) is 1. The third-order valence-corrected chi connectivity index (χ3v) is 5.52. The van der Waals surface area contributed by atoms with Crippen molar-refractivity contribution in [3.63, 3.8) is 0 Å². The maximum Gasteiger partial charge on any atom is 0.118 e. The smallest absolute Gasteiger partial charge is 0.118 e. The summed E-state index contributed by atoms with van der Waals surface area (Å²) >= 11 is 0. The minimum atomic E-state index is 0.926. The Morgan fingerprint density at radius 3 is 2.63 bits per heavy atom. The average molecular weight is 361 g/mol. The maximum atomic E-state index is 5.23. The van der Waals surface area contributed by atoms with E-state index in [2.05, 4.69) is 41.7 Å². The number of benzene rings is 2. The summed E-state index contributed by atoms with van der Waals surface area (Å²) in [6.07, 6.45) is 8.27. The first-order valence-corrected chi connectivity index (χ1v) is 10.1. The van der Waals surface area contributed by atoms with Crippen LogP contribution >= 0.6 is 0 Å². The topological polar surface area (TPSA) is 34.1 Å². The molecule has 0 fully saturated rings. The Balaban J connectivity index is 1.39. The normalized spacial score (nSPS) is 13.4. The highest BCUT2D eigenvalue weighted by molar-refractivity contribution is 5.93. The predicted molar refractivity (Wildman–Crippen MR) is 113 cm³/mol. The highest BCUT2D eigenvalue weighted by atomic mass is 16.5. The Morgan fingerprint density at radius 1 is 0.963 bits per heavy atom. The van der Waals surface area contributed by atoms with Crippen LogP contribution in [-0.4, -0.2) is 18.6 Å². The zero-order chi connectivity index (χ0) is 18.5. The first-order valence-electron chi connectivity index (χ1n) is 10.1. The largest absolute Gasteiger partial charge is 0.497 e. The van der Waals surface area contributed by atoms with Gasteiger partial charge in [-0.3, -0.25) is 4.98 Å². The lowest BCUT2D eigenvalue weighted by Crippen LogP contribution is -2.12. The van der Waals surface area contributed by atoms with E-state index in [4.69, 9.17) is 9.72 Å². The van der Waals surface area contributed by atoms with Crippen LogP contribution in [0.4, 0.5) is 5.69 Å². The van der Waals surface area contributed by atoms with Gasteiger partial charge in [0.25, 0.3) is 0 Å². The second-order valence-electron chi connectivity index (χ2n) is 7.37. The molecule has 3 nitrogen and oxygen atoms in total. The van der Waals surface area contributed by atoms with Gasteiger partial charge in [-0.1, -0.05) is 30.3 Å². The van der Waals surface area contributed by atoms with Gasteiger partial charge in [0.15, 0.2) is 0 Å². The van der Waals surface area contributed by atoms with Gasteiger partial charge in [-0.25, -0.2) is 0 Å². The summed E-state index contributed by atoms with van der Waals surface area (Å²) in [7, 11) is 1.71. The number of methoxy groups -OCH3 is 1. The van der Waals surface area contributed by atoms with Crippen molar-refractivity contribution >= 4 is 16.6 Å². The van der Waals surface area contributed by atoms with Crippen LogP contribution < -0.4 is 10.1 Å². The molecule has 0 unspecified atom stereocenters. The molecule has 140 valence electrons. The Kier molecular flexibility index (Phi) is 5.57. The van der Waals surface area contributed by atoms with Crippen LogP contribution in [0.1, 0.15) is 42.5 Å². The number of ether oxygens (including phenoxy) is 1. The van der Waals surface area contributed by atoms with E-state index in [9.17, 15) is 0 Å². The summed E-state index contributed by atoms with van der Waals surface area (Å²) in [6.45, 7) is 1.01. The second kappa shape index (κ2) is 8.43. The lowest BCUT2D eigenvalue weighted by Gasteiger charge is -2.21. The first-order chi connectivity index (χ1) is 13.3. The summed E-state index contributed by atoms with van der Waals surface area (Å²) < 4.78 is 5.23. The molecule has 27 heavy (non-hydrogen) atoms. The fourth-order valence-corrected chi connectivity index (χ4v) is 4.03. The van der Waals surface area contributed by atoms with Crippen LogP contribution in [0.3, 0.4) is 0 Å². The van der Waals surface area contributed by atoms with Crippen molar-refractivity contribution in [1.82, 2.24) is 4.98 Å². The lowest BCUT2D eigenvalue weighted by atomic mass is 9.92. The number of nitrogens with zero attached hydrogens (tertiary/aromatic N) is 1. The summed E-state index contributed by atoms with van der Waals surface area (Å²) in [5, 5.41) is 5.03. The van der Waals surface area contributed by atoms with Crippen molar-refractivity contribution < 1.29 is 4.74 Å². The van der Waals surface area contributed by atoms with Crippen LogP contribution in [0, 0.1) is 0 Å². The van der Waals surface area contributed by atoms with Crippen molar-refractivity contribution in [1.29, 1.82) is 0 Å². The average Bonchev–Trinajstić information content (AvgIpc) is 2.73. The van der Waals surface area contributed by atoms with E-state index in [0.29, 0.717) is 0 Å². The molecule has 1 aliphatic carbocycles. The zero-order valence-corrected chi connectivity index (χ0v) is 16.1. The lowest BCUT2D eigenvalue weighted by molar-refractivity contribution is 0.414. The van der Waals surface area contributed by atoms with Gasteiger partial charge in [-0.05, 0) is 74.3 Å². The molecule has 3 aromatic rings. The number of pyridine rings is 1. The number of hydrogen-bond acceptors (Lipinski definition) is 3. The number of fused-ring (bicyclic) bond motifs is 2. The SMILES string of the molecule is COc1ccc(CCCCNc2c3c(nc4ccccc24)CCCC3)cc1. The molecule has 0 saturated carbocycles. The Morgan fingerprint density at radius 2 is 1.78 bits per heavy atom. The van der Waals surface area contributed by atoms with E-state index in [1.54, 1.807) is 7.11 Å². The van der Waals surface area contributed by atoms with Crippen LogP contribution in [0.2, 0.25) is 0 Å². The highest BCUT2D eigenvalue weighted by Crippen LogP contribution is 2.33.